The van der Waals surface area contributed by atoms with Crippen LogP contribution in [0.4, 0.5) is 0 Å². The Labute approximate surface area is 104 Å². The molecular weight excluding hydrogens is 270 g/mol. The maximum Gasteiger partial charge on any atom is 0.269 e. The average Bonchev–Trinajstić information content (AvgIpc) is 2.89. The summed E-state index contributed by atoms with van der Waals surface area (Å²) in [5, 5.41) is 4.00. The smallest absolute Gasteiger partial charge is 0.269 e. The minimum Gasteiger partial charge on any atom is -0.350 e. The second-order valence-corrected chi connectivity index (χ2v) is 5.30. The van der Waals surface area contributed by atoms with Crippen LogP contribution in [0.5, 0.6) is 0 Å². The van der Waals surface area contributed by atoms with Crippen molar-refractivity contribution in [1.82, 2.24) is 14.9 Å². The van der Waals surface area contributed by atoms with Gasteiger partial charge in [-0.1, -0.05) is 15.9 Å². The van der Waals surface area contributed by atoms with Gasteiger partial charge in [0.2, 0.25) is 0 Å². The highest BCUT2D eigenvalue weighted by Gasteiger charge is 2.41. The normalized spacial score (nSPS) is 17.1. The standard InChI is InChI=1S/C11H16BrN3O/c1-15-8-13-6-9(15)10(16)14-7-11(2-3-11)4-5-12/h6,8H,2-5,7H2,1H3,(H,14,16). The van der Waals surface area contributed by atoms with Gasteiger partial charge >= 0.3 is 0 Å². The quantitative estimate of drug-likeness (QED) is 0.838. The molecule has 1 N–H and O–H groups in total. The Morgan fingerprint density at radius 1 is 1.69 bits per heavy atom. The molecule has 1 aromatic heterocycles. The summed E-state index contributed by atoms with van der Waals surface area (Å²) >= 11 is 3.46. The van der Waals surface area contributed by atoms with Crippen molar-refractivity contribution in [3.8, 4) is 0 Å². The van der Waals surface area contributed by atoms with Gasteiger partial charge in [-0.05, 0) is 24.7 Å². The van der Waals surface area contributed by atoms with Gasteiger partial charge in [0, 0.05) is 18.9 Å². The number of hydrogen-bond donors (Lipinski definition) is 1. The van der Waals surface area contributed by atoms with Crippen LogP contribution in [0.2, 0.25) is 0 Å². The van der Waals surface area contributed by atoms with Crippen molar-refractivity contribution in [3.63, 3.8) is 0 Å². The Bertz CT molecular complexity index is 384. The number of amides is 1. The summed E-state index contributed by atoms with van der Waals surface area (Å²) in [6, 6.07) is 0. The lowest BCUT2D eigenvalue weighted by atomic mass is 10.0. The number of aromatic nitrogens is 2. The highest BCUT2D eigenvalue weighted by atomic mass is 79.9. The highest BCUT2D eigenvalue weighted by molar-refractivity contribution is 9.09. The molecule has 16 heavy (non-hydrogen) atoms. The van der Waals surface area contributed by atoms with Crippen LogP contribution in [0.1, 0.15) is 29.8 Å². The van der Waals surface area contributed by atoms with Crippen LogP contribution >= 0.6 is 15.9 Å². The van der Waals surface area contributed by atoms with Gasteiger partial charge in [-0.15, -0.1) is 0 Å². The van der Waals surface area contributed by atoms with E-state index in [0.717, 1.165) is 18.3 Å². The SMILES string of the molecule is Cn1cncc1C(=O)NCC1(CCBr)CC1. The molecule has 88 valence electrons. The summed E-state index contributed by atoms with van der Waals surface area (Å²) in [6.07, 6.45) is 6.83. The summed E-state index contributed by atoms with van der Waals surface area (Å²) in [6.45, 7) is 0.780. The van der Waals surface area contributed by atoms with Crippen molar-refractivity contribution in [2.24, 2.45) is 12.5 Å². The van der Waals surface area contributed by atoms with E-state index in [1.165, 1.54) is 12.8 Å². The molecule has 1 heterocycles. The minimum absolute atomic E-state index is 0.0270. The lowest BCUT2D eigenvalue weighted by Crippen LogP contribution is -2.31. The number of nitrogens with one attached hydrogen (secondary N) is 1. The van der Waals surface area contributed by atoms with Gasteiger partial charge in [0.15, 0.2) is 0 Å². The fourth-order valence-corrected chi connectivity index (χ4v) is 2.67. The Kier molecular flexibility index (Phi) is 3.33. The number of rotatable bonds is 5. The zero-order valence-electron chi connectivity index (χ0n) is 9.37. The van der Waals surface area contributed by atoms with Gasteiger partial charge in [-0.2, -0.15) is 0 Å². The molecule has 1 amide bonds. The van der Waals surface area contributed by atoms with E-state index in [4.69, 9.17) is 0 Å². The summed E-state index contributed by atoms with van der Waals surface area (Å²) in [5.41, 5.74) is 0.979. The van der Waals surface area contributed by atoms with E-state index in [0.29, 0.717) is 11.1 Å². The predicted octanol–water partition coefficient (Wildman–Crippen LogP) is 1.72. The number of carbonyl (C=O) groups excluding carboxylic acids is 1. The molecule has 1 fully saturated rings. The number of aryl methyl sites for hydroxylation is 1. The van der Waals surface area contributed by atoms with E-state index < -0.39 is 0 Å². The molecule has 0 bridgehead atoms. The second kappa shape index (κ2) is 4.57. The first kappa shape index (κ1) is 11.6. The third-order valence-electron chi connectivity index (χ3n) is 3.26. The zero-order valence-corrected chi connectivity index (χ0v) is 11.0. The van der Waals surface area contributed by atoms with E-state index in [1.54, 1.807) is 17.1 Å². The molecule has 1 aliphatic carbocycles. The van der Waals surface area contributed by atoms with Crippen molar-refractivity contribution >= 4 is 21.8 Å². The monoisotopic (exact) mass is 285 g/mol. The molecule has 4 nitrogen and oxygen atoms in total. The minimum atomic E-state index is -0.0270. The van der Waals surface area contributed by atoms with Crippen molar-refractivity contribution in [1.29, 1.82) is 0 Å². The van der Waals surface area contributed by atoms with Crippen LogP contribution in [-0.4, -0.2) is 27.3 Å². The van der Waals surface area contributed by atoms with Gasteiger partial charge < -0.3 is 9.88 Å². The summed E-state index contributed by atoms with van der Waals surface area (Å²) in [7, 11) is 1.83. The van der Waals surface area contributed by atoms with Crippen molar-refractivity contribution < 1.29 is 4.79 Å². The second-order valence-electron chi connectivity index (χ2n) is 4.51. The first-order valence-electron chi connectivity index (χ1n) is 5.47. The summed E-state index contributed by atoms with van der Waals surface area (Å²) in [5.74, 6) is -0.0270. The molecule has 1 aliphatic rings. The number of halogens is 1. The first-order chi connectivity index (χ1) is 7.67. The predicted molar refractivity (Wildman–Crippen MR) is 65.6 cm³/mol. The van der Waals surface area contributed by atoms with Crippen molar-refractivity contribution in [3.05, 3.63) is 18.2 Å². The summed E-state index contributed by atoms with van der Waals surface area (Å²) in [4.78, 5) is 15.8. The largest absolute Gasteiger partial charge is 0.350 e. The van der Waals surface area contributed by atoms with Crippen LogP contribution in [-0.2, 0) is 7.05 Å². The lowest BCUT2D eigenvalue weighted by Gasteiger charge is -2.14. The summed E-state index contributed by atoms with van der Waals surface area (Å²) < 4.78 is 1.74. The van der Waals surface area contributed by atoms with Gasteiger partial charge in [0.1, 0.15) is 5.69 Å². The average molecular weight is 286 g/mol. The van der Waals surface area contributed by atoms with Crippen molar-refractivity contribution in [2.45, 2.75) is 19.3 Å². The van der Waals surface area contributed by atoms with Crippen LogP contribution in [0.15, 0.2) is 12.5 Å². The highest BCUT2D eigenvalue weighted by Crippen LogP contribution is 2.48. The van der Waals surface area contributed by atoms with E-state index in [1.807, 2.05) is 7.05 Å². The fourth-order valence-electron chi connectivity index (χ4n) is 1.83. The fraction of sp³-hybridized carbons (Fsp3) is 0.636. The molecule has 5 heteroatoms. The van der Waals surface area contributed by atoms with E-state index in [-0.39, 0.29) is 5.91 Å². The van der Waals surface area contributed by atoms with E-state index >= 15 is 0 Å². The molecule has 2 rings (SSSR count). The van der Waals surface area contributed by atoms with Crippen LogP contribution in [0.25, 0.3) is 0 Å². The lowest BCUT2D eigenvalue weighted by molar-refractivity contribution is 0.0936. The maximum atomic E-state index is 11.8. The topological polar surface area (TPSA) is 46.9 Å². The Balaban J connectivity index is 1.87. The third-order valence-corrected chi connectivity index (χ3v) is 3.65. The zero-order chi connectivity index (χ0) is 11.6. The van der Waals surface area contributed by atoms with Gasteiger partial charge in [0.05, 0.1) is 12.5 Å². The molecule has 0 atom stereocenters. The molecule has 0 unspecified atom stereocenters. The number of carbonyl (C=O) groups is 1. The van der Waals surface area contributed by atoms with E-state index in [2.05, 4.69) is 26.2 Å². The Hall–Kier alpha value is -0.840. The van der Waals surface area contributed by atoms with E-state index in [9.17, 15) is 4.79 Å². The molecule has 0 radical (unpaired) electrons. The number of nitrogens with zero attached hydrogens (tertiary/aromatic N) is 2. The molecule has 1 aromatic rings. The molecule has 0 aliphatic heterocycles. The van der Waals surface area contributed by atoms with Crippen molar-refractivity contribution in [2.75, 3.05) is 11.9 Å². The van der Waals surface area contributed by atoms with Crippen LogP contribution < -0.4 is 5.32 Å². The van der Waals surface area contributed by atoms with Crippen LogP contribution in [0, 0.1) is 5.41 Å². The molecular formula is C11H16BrN3O. The molecule has 0 aromatic carbocycles. The number of alkyl halides is 1. The Morgan fingerprint density at radius 2 is 2.44 bits per heavy atom. The third kappa shape index (κ3) is 2.45. The number of imidazole rings is 1. The first-order valence-corrected chi connectivity index (χ1v) is 6.59. The molecule has 0 saturated heterocycles. The number of hydrogen-bond acceptors (Lipinski definition) is 2. The van der Waals surface area contributed by atoms with Gasteiger partial charge in [-0.3, -0.25) is 4.79 Å². The van der Waals surface area contributed by atoms with Gasteiger partial charge in [-0.25, -0.2) is 4.98 Å². The van der Waals surface area contributed by atoms with Gasteiger partial charge in [0.25, 0.3) is 5.91 Å². The Morgan fingerprint density at radius 3 is 2.94 bits per heavy atom. The maximum absolute atomic E-state index is 11.8. The van der Waals surface area contributed by atoms with Crippen LogP contribution in [0.3, 0.4) is 0 Å². The molecule has 1 saturated carbocycles. The molecule has 0 spiro atoms.